The molecule has 0 bridgehead atoms. The third-order valence-electron chi connectivity index (χ3n) is 3.62. The molecule has 0 aliphatic carbocycles. The average Bonchev–Trinajstić information content (AvgIpc) is 2.30. The summed E-state index contributed by atoms with van der Waals surface area (Å²) in [5.74, 6) is 0. The van der Waals surface area contributed by atoms with Gasteiger partial charge >= 0.3 is 0 Å². The Morgan fingerprint density at radius 3 is 2.35 bits per heavy atom. The van der Waals surface area contributed by atoms with Crippen LogP contribution in [0.25, 0.3) is 0 Å². The second-order valence-corrected chi connectivity index (χ2v) is 7.07. The second-order valence-electron chi connectivity index (χ2n) is 7.07. The lowest BCUT2D eigenvalue weighted by molar-refractivity contribution is -0.0252. The van der Waals surface area contributed by atoms with E-state index in [4.69, 9.17) is 9.47 Å². The van der Waals surface area contributed by atoms with Crippen molar-refractivity contribution in [1.82, 2.24) is 9.80 Å². The standard InChI is InChI=1S/C16H34N2O2/c1-14(2)19-11-10-18-8-7-17(13-15(18)3)9-12-20-16(4,5)6/h14-15H,7-13H2,1-6H3/t15-/m1/s1. The fourth-order valence-corrected chi connectivity index (χ4v) is 2.49. The molecule has 120 valence electrons. The van der Waals surface area contributed by atoms with Gasteiger partial charge in [-0.25, -0.2) is 0 Å². The summed E-state index contributed by atoms with van der Waals surface area (Å²) in [6.07, 6.45) is 0.334. The molecule has 1 saturated heterocycles. The Labute approximate surface area is 125 Å². The summed E-state index contributed by atoms with van der Waals surface area (Å²) in [5.41, 5.74) is -0.0262. The number of ether oxygens (including phenoxy) is 2. The van der Waals surface area contributed by atoms with E-state index in [1.807, 2.05) is 0 Å². The molecule has 1 aliphatic rings. The summed E-state index contributed by atoms with van der Waals surface area (Å²) < 4.78 is 11.5. The maximum Gasteiger partial charge on any atom is 0.0600 e. The third-order valence-corrected chi connectivity index (χ3v) is 3.62. The first-order chi connectivity index (χ1) is 9.28. The molecule has 0 aromatic rings. The summed E-state index contributed by atoms with van der Waals surface area (Å²) in [4.78, 5) is 5.04. The number of rotatable bonds is 7. The smallest absolute Gasteiger partial charge is 0.0600 e. The van der Waals surface area contributed by atoms with Crippen LogP contribution in [0.4, 0.5) is 0 Å². The minimum absolute atomic E-state index is 0.0262. The van der Waals surface area contributed by atoms with Crippen molar-refractivity contribution in [2.45, 2.75) is 59.3 Å². The fraction of sp³-hybridized carbons (Fsp3) is 1.00. The molecule has 20 heavy (non-hydrogen) atoms. The van der Waals surface area contributed by atoms with Crippen LogP contribution >= 0.6 is 0 Å². The van der Waals surface area contributed by atoms with Crippen LogP contribution < -0.4 is 0 Å². The first kappa shape index (κ1) is 17.9. The molecule has 1 heterocycles. The summed E-state index contributed by atoms with van der Waals surface area (Å²) in [7, 11) is 0. The molecular weight excluding hydrogens is 252 g/mol. The largest absolute Gasteiger partial charge is 0.377 e. The second kappa shape index (κ2) is 8.32. The number of nitrogens with zero attached hydrogens (tertiary/aromatic N) is 2. The van der Waals surface area contributed by atoms with Gasteiger partial charge in [-0.1, -0.05) is 0 Å². The van der Waals surface area contributed by atoms with Gasteiger partial charge in [-0.2, -0.15) is 0 Å². The Morgan fingerprint density at radius 2 is 1.80 bits per heavy atom. The van der Waals surface area contributed by atoms with Crippen LogP contribution in [0.3, 0.4) is 0 Å². The number of hydrogen-bond donors (Lipinski definition) is 0. The van der Waals surface area contributed by atoms with E-state index in [1.54, 1.807) is 0 Å². The van der Waals surface area contributed by atoms with E-state index in [1.165, 1.54) is 0 Å². The Balaban J connectivity index is 2.18. The highest BCUT2D eigenvalue weighted by Crippen LogP contribution is 2.11. The molecule has 1 fully saturated rings. The molecule has 1 rings (SSSR count). The Hall–Kier alpha value is -0.160. The Bertz CT molecular complexity index is 264. The van der Waals surface area contributed by atoms with Crippen LogP contribution in [0.1, 0.15) is 41.5 Å². The van der Waals surface area contributed by atoms with Gasteiger partial charge < -0.3 is 9.47 Å². The highest BCUT2D eigenvalue weighted by Gasteiger charge is 2.23. The first-order valence-electron chi connectivity index (χ1n) is 8.00. The number of hydrogen-bond acceptors (Lipinski definition) is 4. The molecule has 0 saturated carbocycles. The van der Waals surface area contributed by atoms with Crippen LogP contribution in [0, 0.1) is 0 Å². The van der Waals surface area contributed by atoms with Crippen molar-refractivity contribution in [3.63, 3.8) is 0 Å². The molecule has 4 nitrogen and oxygen atoms in total. The summed E-state index contributed by atoms with van der Waals surface area (Å²) in [5, 5.41) is 0. The van der Waals surface area contributed by atoms with Crippen LogP contribution in [-0.4, -0.2) is 73.5 Å². The molecule has 4 heteroatoms. The van der Waals surface area contributed by atoms with E-state index in [2.05, 4.69) is 51.3 Å². The highest BCUT2D eigenvalue weighted by molar-refractivity contribution is 4.79. The van der Waals surface area contributed by atoms with Gasteiger partial charge in [0.1, 0.15) is 0 Å². The third kappa shape index (κ3) is 7.58. The lowest BCUT2D eigenvalue weighted by Crippen LogP contribution is -2.53. The van der Waals surface area contributed by atoms with Crippen molar-refractivity contribution in [3.8, 4) is 0 Å². The van der Waals surface area contributed by atoms with Gasteiger partial charge in [0.25, 0.3) is 0 Å². The van der Waals surface area contributed by atoms with E-state index >= 15 is 0 Å². The van der Waals surface area contributed by atoms with Crippen LogP contribution in [-0.2, 0) is 9.47 Å². The molecule has 1 atom stereocenters. The normalized spacial score (nSPS) is 22.6. The quantitative estimate of drug-likeness (QED) is 0.716. The summed E-state index contributed by atoms with van der Waals surface area (Å²) >= 11 is 0. The van der Waals surface area contributed by atoms with E-state index < -0.39 is 0 Å². The summed E-state index contributed by atoms with van der Waals surface area (Å²) in [6, 6.07) is 0.606. The zero-order valence-corrected chi connectivity index (χ0v) is 14.3. The molecule has 0 amide bonds. The van der Waals surface area contributed by atoms with Crippen molar-refractivity contribution in [3.05, 3.63) is 0 Å². The molecule has 0 N–H and O–H groups in total. The van der Waals surface area contributed by atoms with E-state index in [9.17, 15) is 0 Å². The Morgan fingerprint density at radius 1 is 1.10 bits per heavy atom. The van der Waals surface area contributed by atoms with Crippen molar-refractivity contribution in [2.75, 3.05) is 45.9 Å². The lowest BCUT2D eigenvalue weighted by atomic mass is 10.2. The molecule has 0 radical (unpaired) electrons. The molecule has 0 aromatic heterocycles. The maximum absolute atomic E-state index is 5.81. The zero-order valence-electron chi connectivity index (χ0n) is 14.3. The fourth-order valence-electron chi connectivity index (χ4n) is 2.49. The minimum Gasteiger partial charge on any atom is -0.377 e. The van der Waals surface area contributed by atoms with Gasteiger partial charge in [-0.15, -0.1) is 0 Å². The van der Waals surface area contributed by atoms with E-state index in [0.717, 1.165) is 45.9 Å². The van der Waals surface area contributed by atoms with Crippen LogP contribution in [0.15, 0.2) is 0 Å². The van der Waals surface area contributed by atoms with Gasteiger partial charge in [0.15, 0.2) is 0 Å². The molecule has 0 aromatic carbocycles. The van der Waals surface area contributed by atoms with Crippen LogP contribution in [0.2, 0.25) is 0 Å². The van der Waals surface area contributed by atoms with Gasteiger partial charge in [-0.05, 0) is 41.5 Å². The maximum atomic E-state index is 5.81. The van der Waals surface area contributed by atoms with Gasteiger partial charge in [0, 0.05) is 38.8 Å². The molecule has 0 unspecified atom stereocenters. The van der Waals surface area contributed by atoms with Crippen molar-refractivity contribution in [1.29, 1.82) is 0 Å². The van der Waals surface area contributed by atoms with Gasteiger partial charge in [0.05, 0.1) is 24.9 Å². The minimum atomic E-state index is -0.0262. The predicted molar refractivity (Wildman–Crippen MR) is 84.3 cm³/mol. The van der Waals surface area contributed by atoms with Crippen molar-refractivity contribution >= 4 is 0 Å². The van der Waals surface area contributed by atoms with Gasteiger partial charge in [0.2, 0.25) is 0 Å². The predicted octanol–water partition coefficient (Wildman–Crippen LogP) is 2.23. The average molecular weight is 286 g/mol. The summed E-state index contributed by atoms with van der Waals surface area (Å²) in [6.45, 7) is 20.0. The molecular formula is C16H34N2O2. The lowest BCUT2D eigenvalue weighted by Gasteiger charge is -2.40. The molecule has 1 aliphatic heterocycles. The SMILES string of the molecule is CC(C)OCCN1CCN(CCOC(C)(C)C)C[C@H]1C. The molecule has 0 spiro atoms. The zero-order chi connectivity index (χ0) is 15.2. The van der Waals surface area contributed by atoms with Gasteiger partial charge in [-0.3, -0.25) is 9.80 Å². The monoisotopic (exact) mass is 286 g/mol. The highest BCUT2D eigenvalue weighted by atomic mass is 16.5. The van der Waals surface area contributed by atoms with E-state index in [-0.39, 0.29) is 5.60 Å². The van der Waals surface area contributed by atoms with Crippen LogP contribution in [0.5, 0.6) is 0 Å². The topological polar surface area (TPSA) is 24.9 Å². The van der Waals surface area contributed by atoms with Crippen molar-refractivity contribution in [2.24, 2.45) is 0 Å². The Kier molecular flexibility index (Phi) is 7.45. The first-order valence-corrected chi connectivity index (χ1v) is 8.00. The van der Waals surface area contributed by atoms with E-state index in [0.29, 0.717) is 12.1 Å². The van der Waals surface area contributed by atoms with Crippen molar-refractivity contribution < 1.29 is 9.47 Å². The number of piperazine rings is 1.